The number of aryl methyl sites for hydroxylation is 2. The number of rotatable bonds is 8. The molecule has 39 heavy (non-hydrogen) atoms. The number of carboxylic acid groups (broad SMARTS) is 1. The predicted octanol–water partition coefficient (Wildman–Crippen LogP) is 6.33. The standard InChI is InChI=1S/C32H38FN3O3/c1-19-9-10-24(20(2)15-19)17-34-22(4)27-18-36(25-7-6-8-25)29-26(21(27)3)16-28(33)30(31(29)39-5)35-13-11-23(12-14-35)32(37)38/h9-10,15-16,18,23,25,34H,3-4,6-8,11-14,17H2,1-2,5H3,(H,37,38). The van der Waals surface area contributed by atoms with Gasteiger partial charge in [0.25, 0.3) is 0 Å². The molecule has 2 heterocycles. The van der Waals surface area contributed by atoms with Gasteiger partial charge in [0.05, 0.1) is 18.7 Å². The number of carboxylic acids is 1. The van der Waals surface area contributed by atoms with Crippen LogP contribution in [0.3, 0.4) is 0 Å². The summed E-state index contributed by atoms with van der Waals surface area (Å²) in [6.07, 6.45) is 6.27. The Labute approximate surface area is 230 Å². The second-order valence-corrected chi connectivity index (χ2v) is 11.0. The molecule has 0 spiro atoms. The minimum absolute atomic E-state index is 0.281. The van der Waals surface area contributed by atoms with E-state index in [0.717, 1.165) is 36.2 Å². The Morgan fingerprint density at radius 1 is 1.15 bits per heavy atom. The fraction of sp³-hybridized carbons (Fsp3) is 0.406. The summed E-state index contributed by atoms with van der Waals surface area (Å²) >= 11 is 0. The van der Waals surface area contributed by atoms with Crippen LogP contribution in [-0.4, -0.2) is 37.3 Å². The van der Waals surface area contributed by atoms with Crippen LogP contribution in [0.2, 0.25) is 0 Å². The average molecular weight is 532 g/mol. The zero-order chi connectivity index (χ0) is 27.8. The van der Waals surface area contributed by atoms with Crippen molar-refractivity contribution in [2.75, 3.05) is 30.0 Å². The van der Waals surface area contributed by atoms with E-state index in [-0.39, 0.29) is 11.9 Å². The summed E-state index contributed by atoms with van der Waals surface area (Å²) in [4.78, 5) is 15.6. The minimum Gasteiger partial charge on any atom is -0.492 e. The molecule has 1 saturated carbocycles. The number of nitrogens with one attached hydrogen (secondary N) is 1. The lowest BCUT2D eigenvalue weighted by Gasteiger charge is -2.43. The molecule has 0 unspecified atom stereocenters. The van der Waals surface area contributed by atoms with Crippen molar-refractivity contribution in [3.63, 3.8) is 0 Å². The Kier molecular flexibility index (Phi) is 7.43. The maximum atomic E-state index is 15.9. The number of hydrogen-bond donors (Lipinski definition) is 2. The minimum atomic E-state index is -0.788. The van der Waals surface area contributed by atoms with Gasteiger partial charge in [-0.25, -0.2) is 4.39 Å². The number of allylic oxidation sites excluding steroid dienone is 1. The van der Waals surface area contributed by atoms with Crippen LogP contribution in [0.4, 0.5) is 15.8 Å². The van der Waals surface area contributed by atoms with E-state index >= 15 is 4.39 Å². The third kappa shape index (κ3) is 5.02. The Morgan fingerprint density at radius 2 is 1.87 bits per heavy atom. The summed E-state index contributed by atoms with van der Waals surface area (Å²) in [5, 5.41) is 12.9. The highest BCUT2D eigenvalue weighted by Gasteiger charge is 2.37. The summed E-state index contributed by atoms with van der Waals surface area (Å²) in [6.45, 7) is 14.5. The van der Waals surface area contributed by atoms with Crippen molar-refractivity contribution in [3.05, 3.63) is 83.0 Å². The molecule has 0 bridgehead atoms. The number of fused-ring (bicyclic) bond motifs is 1. The van der Waals surface area contributed by atoms with Crippen molar-refractivity contribution >= 4 is 22.9 Å². The molecule has 6 nitrogen and oxygen atoms in total. The lowest BCUT2D eigenvalue weighted by Crippen LogP contribution is -2.40. The molecule has 0 radical (unpaired) electrons. The van der Waals surface area contributed by atoms with Crippen molar-refractivity contribution in [1.82, 2.24) is 5.32 Å². The third-order valence-corrected chi connectivity index (χ3v) is 8.51. The predicted molar refractivity (Wildman–Crippen MR) is 155 cm³/mol. The van der Waals surface area contributed by atoms with Gasteiger partial charge in [-0.2, -0.15) is 0 Å². The highest BCUT2D eigenvalue weighted by Crippen LogP contribution is 2.51. The van der Waals surface area contributed by atoms with Crippen LogP contribution >= 0.6 is 0 Å². The molecule has 2 N–H and O–H groups in total. The summed E-state index contributed by atoms with van der Waals surface area (Å²) in [7, 11) is 1.58. The van der Waals surface area contributed by atoms with Crippen LogP contribution < -0.4 is 19.9 Å². The first kappa shape index (κ1) is 26.9. The van der Waals surface area contributed by atoms with Crippen LogP contribution in [0.1, 0.15) is 54.4 Å². The quantitative estimate of drug-likeness (QED) is 0.415. The number of piperidine rings is 1. The van der Waals surface area contributed by atoms with Gasteiger partial charge >= 0.3 is 5.97 Å². The SMILES string of the molecule is C=C(NCc1ccc(C)cc1C)C1=CN(C2CCC2)c2c(cc(F)c(N3CCC(C(=O)O)CC3)c2OC)C1=C. The zero-order valence-corrected chi connectivity index (χ0v) is 23.1. The van der Waals surface area contributed by atoms with Crippen LogP contribution in [0.15, 0.2) is 54.9 Å². The molecule has 2 fully saturated rings. The molecule has 2 aromatic carbocycles. The number of carbonyl (C=O) groups is 1. The smallest absolute Gasteiger partial charge is 0.306 e. The summed E-state index contributed by atoms with van der Waals surface area (Å²) in [6, 6.07) is 8.26. The lowest BCUT2D eigenvalue weighted by molar-refractivity contribution is -0.142. The Hall–Kier alpha value is -3.74. The molecule has 206 valence electrons. The van der Waals surface area contributed by atoms with Gasteiger partial charge in [0.15, 0.2) is 11.6 Å². The largest absolute Gasteiger partial charge is 0.492 e. The number of aliphatic carboxylic acids is 1. The van der Waals surface area contributed by atoms with Gasteiger partial charge in [0.2, 0.25) is 0 Å². The molecule has 1 aliphatic carbocycles. The van der Waals surface area contributed by atoms with E-state index in [1.54, 1.807) is 13.2 Å². The Balaban J connectivity index is 1.48. The molecule has 0 aromatic heterocycles. The Morgan fingerprint density at radius 3 is 2.46 bits per heavy atom. The van der Waals surface area contributed by atoms with Crippen LogP contribution in [-0.2, 0) is 11.3 Å². The van der Waals surface area contributed by atoms with Gasteiger partial charge in [0.1, 0.15) is 5.69 Å². The zero-order valence-electron chi connectivity index (χ0n) is 23.1. The first-order valence-electron chi connectivity index (χ1n) is 13.8. The van der Waals surface area contributed by atoms with Crippen molar-refractivity contribution in [3.8, 4) is 5.75 Å². The van der Waals surface area contributed by atoms with Crippen molar-refractivity contribution in [1.29, 1.82) is 0 Å². The van der Waals surface area contributed by atoms with Gasteiger partial charge in [-0.15, -0.1) is 0 Å². The van der Waals surface area contributed by atoms with E-state index in [1.165, 1.54) is 16.7 Å². The van der Waals surface area contributed by atoms with Crippen molar-refractivity contribution < 1.29 is 19.0 Å². The summed E-state index contributed by atoms with van der Waals surface area (Å²) in [5.41, 5.74) is 7.89. The summed E-state index contributed by atoms with van der Waals surface area (Å²) < 4.78 is 21.8. The second-order valence-electron chi connectivity index (χ2n) is 11.0. The number of ether oxygens (including phenoxy) is 1. The molecule has 2 aliphatic heterocycles. The maximum Gasteiger partial charge on any atom is 0.306 e. The van der Waals surface area contributed by atoms with E-state index in [2.05, 4.69) is 61.6 Å². The number of methoxy groups -OCH3 is 1. The molecule has 7 heteroatoms. The van der Waals surface area contributed by atoms with E-state index in [4.69, 9.17) is 4.74 Å². The van der Waals surface area contributed by atoms with E-state index in [1.807, 2.05) is 4.90 Å². The fourth-order valence-corrected chi connectivity index (χ4v) is 5.91. The topological polar surface area (TPSA) is 65.0 Å². The van der Waals surface area contributed by atoms with Gasteiger partial charge in [-0.05, 0) is 68.7 Å². The molecule has 0 amide bonds. The van der Waals surface area contributed by atoms with E-state index in [0.29, 0.717) is 55.0 Å². The fourth-order valence-electron chi connectivity index (χ4n) is 5.91. The average Bonchev–Trinajstić information content (AvgIpc) is 2.88. The molecule has 3 aliphatic rings. The van der Waals surface area contributed by atoms with Gasteiger partial charge in [0, 0.05) is 48.7 Å². The van der Waals surface area contributed by atoms with Gasteiger partial charge in [-0.3, -0.25) is 4.79 Å². The van der Waals surface area contributed by atoms with Crippen molar-refractivity contribution in [2.24, 2.45) is 5.92 Å². The number of nitrogens with zero attached hydrogens (tertiary/aromatic N) is 2. The first-order valence-corrected chi connectivity index (χ1v) is 13.8. The number of halogens is 1. The Bertz CT molecular complexity index is 1350. The molecular weight excluding hydrogens is 493 g/mol. The summed E-state index contributed by atoms with van der Waals surface area (Å²) in [5.74, 6) is -1.09. The normalized spacial score (nSPS) is 17.8. The molecule has 5 rings (SSSR count). The monoisotopic (exact) mass is 531 g/mol. The highest BCUT2D eigenvalue weighted by atomic mass is 19.1. The van der Waals surface area contributed by atoms with Gasteiger partial charge < -0.3 is 25.0 Å². The third-order valence-electron chi connectivity index (χ3n) is 8.51. The lowest BCUT2D eigenvalue weighted by atomic mass is 9.85. The molecule has 2 aromatic rings. The van der Waals surface area contributed by atoms with Crippen LogP contribution in [0.5, 0.6) is 5.75 Å². The first-order chi connectivity index (χ1) is 18.7. The number of benzene rings is 2. The maximum absolute atomic E-state index is 15.9. The second kappa shape index (κ2) is 10.8. The van der Waals surface area contributed by atoms with Crippen LogP contribution in [0.25, 0.3) is 5.57 Å². The molecule has 0 atom stereocenters. The van der Waals surface area contributed by atoms with E-state index in [9.17, 15) is 9.90 Å². The van der Waals surface area contributed by atoms with Gasteiger partial charge in [-0.1, -0.05) is 36.9 Å². The number of hydrogen-bond acceptors (Lipinski definition) is 5. The highest BCUT2D eigenvalue weighted by molar-refractivity contribution is 5.96. The molecular formula is C32H38FN3O3. The van der Waals surface area contributed by atoms with Crippen LogP contribution in [0, 0.1) is 25.6 Å². The molecule has 1 saturated heterocycles. The number of anilines is 2. The van der Waals surface area contributed by atoms with E-state index < -0.39 is 11.9 Å². The van der Waals surface area contributed by atoms with Crippen molar-refractivity contribution in [2.45, 2.75) is 58.5 Å².